The molecule has 3 aliphatic rings. The highest BCUT2D eigenvalue weighted by Gasteiger charge is 2.43. The summed E-state index contributed by atoms with van der Waals surface area (Å²) < 4.78 is 2.01. The molecule has 2 saturated heterocycles. The third-order valence-electron chi connectivity index (χ3n) is 6.36. The van der Waals surface area contributed by atoms with Crippen LogP contribution in [-0.2, 0) is 35.3 Å². The van der Waals surface area contributed by atoms with Crippen LogP contribution >= 0.6 is 0 Å². The molecule has 9 nitrogen and oxygen atoms in total. The Bertz CT molecular complexity index is 1040. The molecular weight excluding hydrogens is 384 g/mol. The first-order valence-corrected chi connectivity index (χ1v) is 10.2. The standard InChI is InChI=1S/C21H24N6O3/c1-26-8-7-23-20(26)21(11-22-12-21)24-9-13-3-2-4-14-10-27(19(30)17(13)14)15-5-6-16(28)25-18(15)29/h2-4,7-8,15,22,24H,5-6,9-12H2,1H3,(H,25,28,29). The van der Waals surface area contributed by atoms with Crippen molar-refractivity contribution in [2.45, 2.75) is 37.5 Å². The lowest BCUT2D eigenvalue weighted by molar-refractivity contribution is -0.136. The molecule has 0 radical (unpaired) electrons. The Balaban J connectivity index is 1.37. The lowest BCUT2D eigenvalue weighted by Crippen LogP contribution is -2.65. The Morgan fingerprint density at radius 3 is 2.77 bits per heavy atom. The van der Waals surface area contributed by atoms with E-state index < -0.39 is 6.04 Å². The molecule has 1 aromatic carbocycles. The highest BCUT2D eigenvalue weighted by Crippen LogP contribution is 2.31. The van der Waals surface area contributed by atoms with Gasteiger partial charge in [0.25, 0.3) is 5.91 Å². The van der Waals surface area contributed by atoms with Crippen LogP contribution in [0.2, 0.25) is 0 Å². The van der Waals surface area contributed by atoms with Crippen molar-refractivity contribution < 1.29 is 14.4 Å². The lowest BCUT2D eigenvalue weighted by Gasteiger charge is -2.42. The van der Waals surface area contributed by atoms with E-state index in [1.807, 2.05) is 36.0 Å². The Hall–Kier alpha value is -3.04. The minimum Gasteiger partial charge on any atom is -0.336 e. The van der Waals surface area contributed by atoms with Gasteiger partial charge in [-0.3, -0.25) is 25.0 Å². The number of imide groups is 1. The summed E-state index contributed by atoms with van der Waals surface area (Å²) in [4.78, 5) is 43.1. The van der Waals surface area contributed by atoms with Gasteiger partial charge in [0.2, 0.25) is 11.8 Å². The molecule has 1 aromatic heterocycles. The summed E-state index contributed by atoms with van der Waals surface area (Å²) in [5.74, 6) is 0.153. The van der Waals surface area contributed by atoms with Crippen LogP contribution in [0.25, 0.3) is 0 Å². The van der Waals surface area contributed by atoms with Gasteiger partial charge in [-0.05, 0) is 17.5 Å². The molecule has 5 rings (SSSR count). The predicted molar refractivity (Wildman–Crippen MR) is 107 cm³/mol. The van der Waals surface area contributed by atoms with Crippen LogP contribution in [-0.4, -0.2) is 51.3 Å². The third kappa shape index (κ3) is 2.93. The normalized spacial score (nSPS) is 22.6. The fourth-order valence-electron chi connectivity index (χ4n) is 4.67. The van der Waals surface area contributed by atoms with Crippen LogP contribution in [0.5, 0.6) is 0 Å². The average Bonchev–Trinajstić information content (AvgIpc) is 3.26. The fraction of sp³-hybridized carbons (Fsp3) is 0.429. The summed E-state index contributed by atoms with van der Waals surface area (Å²) in [6, 6.07) is 5.24. The highest BCUT2D eigenvalue weighted by atomic mass is 16.2. The predicted octanol–water partition coefficient (Wildman–Crippen LogP) is -0.231. The van der Waals surface area contributed by atoms with Crippen molar-refractivity contribution in [1.82, 2.24) is 30.4 Å². The number of carbonyl (C=O) groups excluding carboxylic acids is 3. The first-order valence-electron chi connectivity index (χ1n) is 10.2. The Morgan fingerprint density at radius 1 is 1.27 bits per heavy atom. The summed E-state index contributed by atoms with van der Waals surface area (Å²) >= 11 is 0. The largest absolute Gasteiger partial charge is 0.336 e. The van der Waals surface area contributed by atoms with E-state index >= 15 is 0 Å². The van der Waals surface area contributed by atoms with Crippen molar-refractivity contribution in [2.75, 3.05) is 13.1 Å². The van der Waals surface area contributed by atoms with Gasteiger partial charge in [-0.25, -0.2) is 4.98 Å². The summed E-state index contributed by atoms with van der Waals surface area (Å²) in [6.45, 7) is 2.44. The third-order valence-corrected chi connectivity index (χ3v) is 6.36. The molecule has 1 atom stereocenters. The van der Waals surface area contributed by atoms with Crippen molar-refractivity contribution in [1.29, 1.82) is 0 Å². The average molecular weight is 408 g/mol. The molecule has 3 aliphatic heterocycles. The van der Waals surface area contributed by atoms with Gasteiger partial charge in [-0.1, -0.05) is 18.2 Å². The second-order valence-electron chi connectivity index (χ2n) is 8.25. The van der Waals surface area contributed by atoms with Crippen LogP contribution in [0.3, 0.4) is 0 Å². The molecule has 156 valence electrons. The van der Waals surface area contributed by atoms with Crippen LogP contribution in [0.4, 0.5) is 0 Å². The van der Waals surface area contributed by atoms with E-state index in [1.165, 1.54) is 0 Å². The second-order valence-corrected chi connectivity index (χ2v) is 8.25. The Kier molecular flexibility index (Phi) is 4.44. The van der Waals surface area contributed by atoms with Gasteiger partial charge in [0.05, 0.1) is 0 Å². The van der Waals surface area contributed by atoms with Crippen molar-refractivity contribution in [2.24, 2.45) is 7.05 Å². The van der Waals surface area contributed by atoms with Gasteiger partial charge in [0.1, 0.15) is 17.4 Å². The summed E-state index contributed by atoms with van der Waals surface area (Å²) in [5.41, 5.74) is 2.22. The van der Waals surface area contributed by atoms with Crippen LogP contribution in [0.1, 0.15) is 40.2 Å². The van der Waals surface area contributed by atoms with Crippen molar-refractivity contribution >= 4 is 17.7 Å². The lowest BCUT2D eigenvalue weighted by atomic mass is 9.90. The maximum absolute atomic E-state index is 13.2. The molecule has 0 bridgehead atoms. The number of hydrogen-bond donors (Lipinski definition) is 3. The number of carbonyl (C=O) groups is 3. The Morgan fingerprint density at radius 2 is 2.10 bits per heavy atom. The van der Waals surface area contributed by atoms with Crippen molar-refractivity contribution in [3.63, 3.8) is 0 Å². The molecule has 1 unspecified atom stereocenters. The van der Waals surface area contributed by atoms with Gasteiger partial charge < -0.3 is 14.8 Å². The smallest absolute Gasteiger partial charge is 0.255 e. The molecule has 3 amide bonds. The van der Waals surface area contributed by atoms with Gasteiger partial charge >= 0.3 is 0 Å². The van der Waals surface area contributed by atoms with Gasteiger partial charge in [-0.15, -0.1) is 0 Å². The zero-order valence-corrected chi connectivity index (χ0v) is 16.8. The molecule has 2 aromatic rings. The van der Waals surface area contributed by atoms with E-state index in [0.29, 0.717) is 25.1 Å². The number of amides is 3. The molecule has 0 spiro atoms. The first kappa shape index (κ1) is 19.0. The topological polar surface area (TPSA) is 108 Å². The number of benzene rings is 1. The van der Waals surface area contributed by atoms with Crippen LogP contribution in [0, 0.1) is 0 Å². The summed E-state index contributed by atoms with van der Waals surface area (Å²) in [6.07, 6.45) is 4.34. The zero-order valence-electron chi connectivity index (χ0n) is 16.8. The monoisotopic (exact) mass is 408 g/mol. The van der Waals surface area contributed by atoms with Crippen molar-refractivity contribution in [3.05, 3.63) is 53.1 Å². The van der Waals surface area contributed by atoms with E-state index in [9.17, 15) is 14.4 Å². The van der Waals surface area contributed by atoms with E-state index in [4.69, 9.17) is 0 Å². The number of fused-ring (bicyclic) bond motifs is 1. The highest BCUT2D eigenvalue weighted by molar-refractivity contribution is 6.06. The van der Waals surface area contributed by atoms with Gasteiger partial charge in [-0.2, -0.15) is 0 Å². The number of rotatable bonds is 5. The number of aryl methyl sites for hydroxylation is 1. The van der Waals surface area contributed by atoms with E-state index in [2.05, 4.69) is 20.9 Å². The fourth-order valence-corrected chi connectivity index (χ4v) is 4.67. The molecule has 2 fully saturated rings. The SMILES string of the molecule is Cn1ccnc1C1(NCc2cccc3c2C(=O)N(C2CCC(=O)NC2=O)C3)CNC1. The molecule has 0 aliphatic carbocycles. The minimum atomic E-state index is -0.599. The molecule has 9 heteroatoms. The molecule has 30 heavy (non-hydrogen) atoms. The molecule has 4 heterocycles. The number of hydrogen-bond acceptors (Lipinski definition) is 6. The second kappa shape index (κ2) is 7.03. The molecule has 0 saturated carbocycles. The first-order chi connectivity index (χ1) is 14.5. The number of imidazole rings is 1. The quantitative estimate of drug-likeness (QED) is 0.590. The van der Waals surface area contributed by atoms with Crippen LogP contribution < -0.4 is 16.0 Å². The number of aromatic nitrogens is 2. The number of nitrogens with zero attached hydrogens (tertiary/aromatic N) is 3. The number of piperidine rings is 1. The Labute approximate surface area is 173 Å². The maximum atomic E-state index is 13.2. The van der Waals surface area contributed by atoms with Gasteiger partial charge in [0.15, 0.2) is 0 Å². The molecular formula is C21H24N6O3. The zero-order chi connectivity index (χ0) is 20.9. The van der Waals surface area contributed by atoms with E-state index in [1.54, 1.807) is 11.1 Å². The summed E-state index contributed by atoms with van der Waals surface area (Å²) in [5, 5.41) is 9.27. The number of nitrogens with one attached hydrogen (secondary N) is 3. The van der Waals surface area contributed by atoms with Gasteiger partial charge in [0, 0.05) is 57.6 Å². The minimum absolute atomic E-state index is 0.144. The summed E-state index contributed by atoms with van der Waals surface area (Å²) in [7, 11) is 1.98. The van der Waals surface area contributed by atoms with Crippen LogP contribution in [0.15, 0.2) is 30.6 Å². The van der Waals surface area contributed by atoms with Crippen molar-refractivity contribution in [3.8, 4) is 0 Å². The van der Waals surface area contributed by atoms with E-state index in [-0.39, 0.29) is 29.7 Å². The van der Waals surface area contributed by atoms with E-state index in [0.717, 1.165) is 30.0 Å². The maximum Gasteiger partial charge on any atom is 0.255 e. The molecule has 3 N–H and O–H groups in total.